The fourth-order valence-electron chi connectivity index (χ4n) is 1.11. The Bertz CT molecular complexity index is 147. The first-order chi connectivity index (χ1) is 4.70. The predicted molar refractivity (Wildman–Crippen MR) is 40.1 cm³/mol. The molecule has 0 bridgehead atoms. The molecule has 4 N–H and O–H groups in total. The van der Waals surface area contributed by atoms with Gasteiger partial charge in [0.25, 0.3) is 0 Å². The van der Waals surface area contributed by atoms with Crippen molar-refractivity contribution >= 4 is 7.12 Å². The molecule has 0 radical (unpaired) electrons. The first kappa shape index (κ1) is 7.79. The molecule has 1 unspecified atom stereocenters. The summed E-state index contributed by atoms with van der Waals surface area (Å²) in [5.74, 6) is 0. The Morgan fingerprint density at radius 2 is 2.30 bits per heavy atom. The van der Waals surface area contributed by atoms with Gasteiger partial charge in [-0.05, 0) is 24.7 Å². The number of allylic oxidation sites excluding steroid dienone is 1. The van der Waals surface area contributed by atoms with Crippen molar-refractivity contribution in [2.45, 2.75) is 25.3 Å². The number of hydrogen-bond donors (Lipinski definition) is 3. The van der Waals surface area contributed by atoms with Crippen molar-refractivity contribution in [3.05, 3.63) is 11.5 Å². The summed E-state index contributed by atoms with van der Waals surface area (Å²) < 4.78 is 0. The lowest BCUT2D eigenvalue weighted by atomic mass is 9.73. The third kappa shape index (κ3) is 1.83. The van der Waals surface area contributed by atoms with E-state index in [1.54, 1.807) is 0 Å². The van der Waals surface area contributed by atoms with E-state index in [0.29, 0.717) is 5.47 Å². The van der Waals surface area contributed by atoms with Crippen molar-refractivity contribution in [3.63, 3.8) is 0 Å². The summed E-state index contributed by atoms with van der Waals surface area (Å²) in [5, 5.41) is 17.4. The van der Waals surface area contributed by atoms with Crippen molar-refractivity contribution in [3.8, 4) is 0 Å². The van der Waals surface area contributed by atoms with Gasteiger partial charge in [-0.25, -0.2) is 0 Å². The topological polar surface area (TPSA) is 66.5 Å². The molecule has 0 aromatic carbocycles. The second-order valence-electron chi connectivity index (χ2n) is 2.69. The van der Waals surface area contributed by atoms with E-state index in [9.17, 15) is 0 Å². The van der Waals surface area contributed by atoms with E-state index >= 15 is 0 Å². The first-order valence-corrected chi connectivity index (χ1v) is 3.51. The van der Waals surface area contributed by atoms with Crippen LogP contribution in [0, 0.1) is 0 Å². The van der Waals surface area contributed by atoms with Crippen molar-refractivity contribution in [1.29, 1.82) is 0 Å². The first-order valence-electron chi connectivity index (χ1n) is 3.51. The minimum absolute atomic E-state index is 0.211. The molecule has 10 heavy (non-hydrogen) atoms. The molecule has 1 rings (SSSR count). The van der Waals surface area contributed by atoms with Gasteiger partial charge in [0.2, 0.25) is 0 Å². The fourth-order valence-corrected chi connectivity index (χ4v) is 1.11. The van der Waals surface area contributed by atoms with Gasteiger partial charge in [0.1, 0.15) is 0 Å². The summed E-state index contributed by atoms with van der Waals surface area (Å²) in [6, 6.07) is 0.211. The van der Waals surface area contributed by atoms with E-state index in [1.165, 1.54) is 0 Å². The Hall–Kier alpha value is -0.315. The van der Waals surface area contributed by atoms with Gasteiger partial charge >= 0.3 is 7.12 Å². The zero-order valence-corrected chi connectivity index (χ0v) is 5.83. The molecular weight excluding hydrogens is 129 g/mol. The molecule has 0 aliphatic heterocycles. The van der Waals surface area contributed by atoms with Gasteiger partial charge in [0.05, 0.1) is 0 Å². The number of hydrogen-bond acceptors (Lipinski definition) is 3. The van der Waals surface area contributed by atoms with Crippen LogP contribution >= 0.6 is 0 Å². The van der Waals surface area contributed by atoms with Crippen molar-refractivity contribution in [2.75, 3.05) is 0 Å². The summed E-state index contributed by atoms with van der Waals surface area (Å²) >= 11 is 0. The maximum absolute atomic E-state index is 8.71. The van der Waals surface area contributed by atoms with E-state index in [1.807, 2.05) is 6.08 Å². The van der Waals surface area contributed by atoms with Crippen molar-refractivity contribution in [2.24, 2.45) is 5.73 Å². The van der Waals surface area contributed by atoms with Crippen molar-refractivity contribution < 1.29 is 10.0 Å². The molecule has 0 amide bonds. The third-order valence-electron chi connectivity index (χ3n) is 1.82. The van der Waals surface area contributed by atoms with Crippen LogP contribution in [-0.2, 0) is 0 Å². The molecule has 0 aromatic rings. The van der Waals surface area contributed by atoms with Crippen LogP contribution < -0.4 is 5.73 Å². The lowest BCUT2D eigenvalue weighted by molar-refractivity contribution is 0.412. The number of nitrogens with two attached hydrogens (primary N) is 1. The Balaban J connectivity index is 2.48. The quantitative estimate of drug-likeness (QED) is 0.428. The van der Waals surface area contributed by atoms with Gasteiger partial charge in [0, 0.05) is 6.04 Å². The highest BCUT2D eigenvalue weighted by Crippen LogP contribution is 2.16. The Morgan fingerprint density at radius 1 is 1.60 bits per heavy atom. The maximum Gasteiger partial charge on any atom is 0.483 e. The van der Waals surface area contributed by atoms with E-state index in [0.717, 1.165) is 19.3 Å². The fraction of sp³-hybridized carbons (Fsp3) is 0.667. The molecule has 56 valence electrons. The average Bonchev–Trinajstić information content (AvgIpc) is 1.88. The molecule has 0 spiro atoms. The number of rotatable bonds is 1. The highest BCUT2D eigenvalue weighted by molar-refractivity contribution is 6.50. The second kappa shape index (κ2) is 3.19. The normalized spacial score (nSPS) is 25.9. The zero-order chi connectivity index (χ0) is 7.56. The highest BCUT2D eigenvalue weighted by atomic mass is 16.4. The lowest BCUT2D eigenvalue weighted by Gasteiger charge is -2.17. The molecule has 1 aliphatic carbocycles. The summed E-state index contributed by atoms with van der Waals surface area (Å²) in [6.45, 7) is 0. The summed E-state index contributed by atoms with van der Waals surface area (Å²) in [6.07, 6.45) is 4.17. The molecule has 3 nitrogen and oxygen atoms in total. The third-order valence-corrected chi connectivity index (χ3v) is 1.82. The molecule has 1 atom stereocenters. The molecule has 0 heterocycles. The van der Waals surface area contributed by atoms with Crippen LogP contribution in [-0.4, -0.2) is 23.2 Å². The van der Waals surface area contributed by atoms with E-state index in [-0.39, 0.29) is 6.04 Å². The van der Waals surface area contributed by atoms with Gasteiger partial charge in [-0.15, -0.1) is 0 Å². The van der Waals surface area contributed by atoms with Gasteiger partial charge in [-0.1, -0.05) is 6.08 Å². The van der Waals surface area contributed by atoms with Crippen LogP contribution in [0.3, 0.4) is 0 Å². The van der Waals surface area contributed by atoms with Crippen LogP contribution in [0.2, 0.25) is 0 Å². The largest absolute Gasteiger partial charge is 0.483 e. The molecular formula is C6H12BNO2. The monoisotopic (exact) mass is 141 g/mol. The van der Waals surface area contributed by atoms with Crippen LogP contribution in [0.4, 0.5) is 0 Å². The smallest absolute Gasteiger partial charge is 0.423 e. The van der Waals surface area contributed by atoms with E-state index < -0.39 is 7.12 Å². The van der Waals surface area contributed by atoms with Crippen LogP contribution in [0.5, 0.6) is 0 Å². The van der Waals surface area contributed by atoms with Gasteiger partial charge in [-0.2, -0.15) is 0 Å². The Labute approximate surface area is 60.7 Å². The minimum Gasteiger partial charge on any atom is -0.423 e. The van der Waals surface area contributed by atoms with Gasteiger partial charge in [0.15, 0.2) is 0 Å². The van der Waals surface area contributed by atoms with Gasteiger partial charge in [-0.3, -0.25) is 0 Å². The molecule has 0 saturated heterocycles. The second-order valence-corrected chi connectivity index (χ2v) is 2.69. The molecule has 1 aliphatic rings. The minimum atomic E-state index is -1.27. The molecule has 0 fully saturated rings. The predicted octanol–water partition coefficient (Wildman–Crippen LogP) is -0.564. The van der Waals surface area contributed by atoms with E-state index in [4.69, 9.17) is 15.8 Å². The molecule has 4 heteroatoms. The van der Waals surface area contributed by atoms with E-state index in [2.05, 4.69) is 0 Å². The summed E-state index contributed by atoms with van der Waals surface area (Å²) in [4.78, 5) is 0. The van der Waals surface area contributed by atoms with Crippen LogP contribution in [0.25, 0.3) is 0 Å². The molecule has 0 saturated carbocycles. The molecule has 0 aromatic heterocycles. The average molecular weight is 141 g/mol. The lowest BCUT2D eigenvalue weighted by Crippen LogP contribution is -2.26. The SMILES string of the molecule is NC1CC=C(B(O)O)CC1. The maximum atomic E-state index is 8.71. The van der Waals surface area contributed by atoms with Crippen molar-refractivity contribution in [1.82, 2.24) is 0 Å². The summed E-state index contributed by atoms with van der Waals surface area (Å²) in [5.41, 5.74) is 6.30. The standard InChI is InChI=1S/C6H12BNO2/c8-6-3-1-5(2-4-6)7(9)10/h1,6,9-10H,2-4,8H2. The highest BCUT2D eigenvalue weighted by Gasteiger charge is 2.18. The Kier molecular flexibility index (Phi) is 2.48. The van der Waals surface area contributed by atoms with Gasteiger partial charge < -0.3 is 15.8 Å². The van der Waals surface area contributed by atoms with Crippen LogP contribution in [0.15, 0.2) is 11.5 Å². The Morgan fingerprint density at radius 3 is 2.70 bits per heavy atom. The van der Waals surface area contributed by atoms with Crippen LogP contribution in [0.1, 0.15) is 19.3 Å². The zero-order valence-electron chi connectivity index (χ0n) is 5.83. The summed E-state index contributed by atoms with van der Waals surface area (Å²) in [7, 11) is -1.27.